The van der Waals surface area contributed by atoms with Gasteiger partial charge >= 0.3 is 0 Å². The van der Waals surface area contributed by atoms with E-state index in [1.165, 1.54) is 11.6 Å². The lowest BCUT2D eigenvalue weighted by Crippen LogP contribution is -2.08. The zero-order chi connectivity index (χ0) is 23.7. The molecule has 3 heterocycles. The van der Waals surface area contributed by atoms with Crippen LogP contribution in [0.25, 0.3) is 22.3 Å². The molecule has 0 saturated heterocycles. The van der Waals surface area contributed by atoms with Crippen molar-refractivity contribution >= 4 is 22.6 Å². The number of rotatable bonds is 6. The number of hydrogen-bond acceptors (Lipinski definition) is 4. The molecule has 0 aliphatic carbocycles. The van der Waals surface area contributed by atoms with Gasteiger partial charge in [-0.2, -0.15) is 0 Å². The molecule has 33 heavy (non-hydrogen) atoms. The molecule has 0 bridgehead atoms. The Morgan fingerprint density at radius 3 is 2.42 bits per heavy atom. The fraction of sp³-hybridized carbons (Fsp3) is 0.333. The third-order valence-corrected chi connectivity index (χ3v) is 6.54. The molecule has 0 saturated carbocycles. The van der Waals surface area contributed by atoms with Crippen molar-refractivity contribution in [3.8, 4) is 11.3 Å². The average Bonchev–Trinajstić information content (AvgIpc) is 2.78. The highest BCUT2D eigenvalue weighted by Gasteiger charge is 2.21. The van der Waals surface area contributed by atoms with Gasteiger partial charge in [-0.05, 0) is 81.5 Å². The molecule has 0 N–H and O–H groups in total. The van der Waals surface area contributed by atoms with Crippen molar-refractivity contribution in [2.24, 2.45) is 0 Å². The molecular weight excluding hydrogens is 435 g/mol. The summed E-state index contributed by atoms with van der Waals surface area (Å²) in [6, 6.07) is 10.9. The van der Waals surface area contributed by atoms with Crippen molar-refractivity contribution in [1.29, 1.82) is 0 Å². The normalized spacial score (nSPS) is 13.3. The van der Waals surface area contributed by atoms with Gasteiger partial charge in [-0.15, -0.1) is 0 Å². The van der Waals surface area contributed by atoms with E-state index in [4.69, 9.17) is 26.6 Å². The topological polar surface area (TPSA) is 51.6 Å². The van der Waals surface area contributed by atoms with Crippen LogP contribution in [-0.4, -0.2) is 19.9 Å². The number of aromatic nitrogens is 4. The largest absolute Gasteiger partial charge is 0.262 e. The van der Waals surface area contributed by atoms with Crippen LogP contribution < -0.4 is 0 Å². The summed E-state index contributed by atoms with van der Waals surface area (Å²) >= 11 is 6.01. The number of fused-ring (bicyclic) bond motifs is 1. The van der Waals surface area contributed by atoms with Crippen molar-refractivity contribution in [1.82, 2.24) is 19.9 Å². The van der Waals surface area contributed by atoms with Gasteiger partial charge in [0.05, 0.1) is 16.9 Å². The summed E-state index contributed by atoms with van der Waals surface area (Å²) in [5.74, 6) is 0.105. The third kappa shape index (κ3) is 4.88. The summed E-state index contributed by atoms with van der Waals surface area (Å²) in [5.41, 5.74) is 7.08. The minimum absolute atomic E-state index is 0.190. The van der Waals surface area contributed by atoms with E-state index < -0.39 is 5.82 Å². The Kier molecular flexibility index (Phi) is 6.71. The number of pyridine rings is 2. The highest BCUT2D eigenvalue weighted by molar-refractivity contribution is 6.30. The average molecular weight is 463 g/mol. The van der Waals surface area contributed by atoms with Crippen LogP contribution in [0, 0.1) is 26.6 Å². The van der Waals surface area contributed by atoms with Gasteiger partial charge in [0.1, 0.15) is 17.0 Å². The summed E-state index contributed by atoms with van der Waals surface area (Å²) in [6.07, 6.45) is 3.69. The quantitative estimate of drug-likeness (QED) is 0.298. The van der Waals surface area contributed by atoms with Gasteiger partial charge in [0, 0.05) is 34.1 Å². The molecule has 6 heteroatoms. The zero-order valence-corrected chi connectivity index (χ0v) is 20.4. The summed E-state index contributed by atoms with van der Waals surface area (Å²) in [4.78, 5) is 18.8. The van der Waals surface area contributed by atoms with Gasteiger partial charge in [-0.25, -0.2) is 19.3 Å². The van der Waals surface area contributed by atoms with Crippen LogP contribution in [0.3, 0.4) is 0 Å². The summed E-state index contributed by atoms with van der Waals surface area (Å²) in [5, 5.41) is 0.350. The highest BCUT2D eigenvalue weighted by atomic mass is 35.5. The molecule has 0 spiro atoms. The second kappa shape index (κ2) is 9.52. The minimum atomic E-state index is -0.415. The van der Waals surface area contributed by atoms with Crippen molar-refractivity contribution in [2.75, 3.05) is 0 Å². The standard InChI is InChI=1S/C27H28ClFN4/c1-6-19(11-15(2)20-9-10-30-16(3)12-20)24-14-25-27(32-18(5)17(4)31-25)26(33-24)22-8-7-21(28)13-23(22)29/h7-10,12-15,19H,6,11H2,1-5H3. The maximum Gasteiger partial charge on any atom is 0.134 e. The molecule has 3 aromatic heterocycles. The zero-order valence-electron chi connectivity index (χ0n) is 19.7. The van der Waals surface area contributed by atoms with Crippen LogP contribution in [0.15, 0.2) is 42.6 Å². The summed E-state index contributed by atoms with van der Waals surface area (Å²) in [7, 11) is 0. The summed E-state index contributed by atoms with van der Waals surface area (Å²) < 4.78 is 14.9. The first-order chi connectivity index (χ1) is 15.8. The molecule has 2 atom stereocenters. The van der Waals surface area contributed by atoms with Crippen molar-refractivity contribution in [3.63, 3.8) is 0 Å². The second-order valence-corrected chi connectivity index (χ2v) is 9.19. The first kappa shape index (κ1) is 23.2. The molecule has 2 unspecified atom stereocenters. The number of aryl methyl sites for hydroxylation is 3. The van der Waals surface area contributed by atoms with E-state index in [1.807, 2.05) is 33.0 Å². The fourth-order valence-electron chi connectivity index (χ4n) is 4.26. The van der Waals surface area contributed by atoms with Crippen LogP contribution in [0.1, 0.15) is 66.9 Å². The van der Waals surface area contributed by atoms with Crippen molar-refractivity contribution < 1.29 is 4.39 Å². The molecule has 0 amide bonds. The molecule has 1 aromatic carbocycles. The Labute approximate surface area is 199 Å². The van der Waals surface area contributed by atoms with Crippen LogP contribution in [-0.2, 0) is 0 Å². The van der Waals surface area contributed by atoms with Crippen molar-refractivity contribution in [3.05, 3.63) is 81.8 Å². The lowest BCUT2D eigenvalue weighted by molar-refractivity contribution is 0.534. The Morgan fingerprint density at radius 1 is 0.970 bits per heavy atom. The van der Waals surface area contributed by atoms with E-state index in [-0.39, 0.29) is 5.92 Å². The molecule has 0 radical (unpaired) electrons. The second-order valence-electron chi connectivity index (χ2n) is 8.75. The SMILES string of the molecule is CCC(CC(C)c1ccnc(C)c1)c1cc2nc(C)c(C)nc2c(-c2ccc(Cl)cc2F)n1. The molecule has 4 nitrogen and oxygen atoms in total. The van der Waals surface area contributed by atoms with E-state index in [2.05, 4.69) is 31.0 Å². The Morgan fingerprint density at radius 2 is 1.73 bits per heavy atom. The fourth-order valence-corrected chi connectivity index (χ4v) is 4.42. The van der Waals surface area contributed by atoms with Crippen LogP contribution in [0.2, 0.25) is 5.02 Å². The third-order valence-electron chi connectivity index (χ3n) is 6.31. The van der Waals surface area contributed by atoms with Gasteiger partial charge in [-0.1, -0.05) is 25.4 Å². The lowest BCUT2D eigenvalue weighted by atomic mass is 9.86. The van der Waals surface area contributed by atoms with Gasteiger partial charge in [0.15, 0.2) is 0 Å². The maximum absolute atomic E-state index is 14.9. The number of nitrogens with zero attached hydrogens (tertiary/aromatic N) is 4. The van der Waals surface area contributed by atoms with E-state index in [9.17, 15) is 4.39 Å². The smallest absolute Gasteiger partial charge is 0.134 e. The van der Waals surface area contributed by atoms with Crippen LogP contribution in [0.4, 0.5) is 4.39 Å². The number of halogens is 2. The minimum Gasteiger partial charge on any atom is -0.262 e. The Hall–Kier alpha value is -2.92. The van der Waals surface area contributed by atoms with E-state index in [0.29, 0.717) is 27.7 Å². The molecule has 170 valence electrons. The lowest BCUT2D eigenvalue weighted by Gasteiger charge is -2.21. The van der Waals surface area contributed by atoms with Gasteiger partial charge in [-0.3, -0.25) is 4.98 Å². The number of hydrogen-bond donors (Lipinski definition) is 0. The molecular formula is C27H28ClFN4. The first-order valence-corrected chi connectivity index (χ1v) is 11.7. The summed E-state index contributed by atoms with van der Waals surface area (Å²) in [6.45, 7) is 10.2. The Bertz CT molecular complexity index is 1320. The van der Waals surface area contributed by atoms with E-state index >= 15 is 0 Å². The highest BCUT2D eigenvalue weighted by Crippen LogP contribution is 2.36. The maximum atomic E-state index is 14.9. The monoisotopic (exact) mass is 462 g/mol. The predicted molar refractivity (Wildman–Crippen MR) is 132 cm³/mol. The molecule has 0 aliphatic rings. The van der Waals surface area contributed by atoms with Gasteiger partial charge in [0.25, 0.3) is 0 Å². The van der Waals surface area contributed by atoms with Crippen molar-refractivity contribution in [2.45, 2.75) is 59.3 Å². The van der Waals surface area contributed by atoms with Gasteiger partial charge in [0.2, 0.25) is 0 Å². The van der Waals surface area contributed by atoms with E-state index in [1.54, 1.807) is 12.1 Å². The van der Waals surface area contributed by atoms with Gasteiger partial charge < -0.3 is 0 Å². The molecule has 0 fully saturated rings. The molecule has 4 aromatic rings. The molecule has 4 rings (SSSR count). The van der Waals surface area contributed by atoms with Crippen LogP contribution >= 0.6 is 11.6 Å². The predicted octanol–water partition coefficient (Wildman–Crippen LogP) is 7.49. The first-order valence-electron chi connectivity index (χ1n) is 11.3. The van der Waals surface area contributed by atoms with E-state index in [0.717, 1.165) is 41.1 Å². The Balaban J connectivity index is 1.83. The molecule has 0 aliphatic heterocycles. The number of benzene rings is 1. The van der Waals surface area contributed by atoms with Crippen LogP contribution in [0.5, 0.6) is 0 Å².